The van der Waals surface area contributed by atoms with Crippen molar-refractivity contribution in [2.75, 3.05) is 13.2 Å². The van der Waals surface area contributed by atoms with Crippen LogP contribution in [0.2, 0.25) is 0 Å². The van der Waals surface area contributed by atoms with Crippen LogP contribution in [0.15, 0.2) is 24.3 Å². The van der Waals surface area contributed by atoms with E-state index in [1.165, 1.54) is 0 Å². The van der Waals surface area contributed by atoms with Gasteiger partial charge in [-0.25, -0.2) is 4.79 Å². The van der Waals surface area contributed by atoms with Crippen LogP contribution in [0.5, 0.6) is 5.75 Å². The van der Waals surface area contributed by atoms with E-state index >= 15 is 0 Å². The number of aliphatic hydroxyl groups is 1. The molecule has 6 nitrogen and oxygen atoms in total. The van der Waals surface area contributed by atoms with E-state index in [9.17, 15) is 14.7 Å². The zero-order valence-electron chi connectivity index (χ0n) is 14.9. The summed E-state index contributed by atoms with van der Waals surface area (Å²) in [5, 5.41) is 9.77. The molecular weight excluding hydrogens is 322 g/mol. The van der Waals surface area contributed by atoms with Crippen molar-refractivity contribution < 1.29 is 24.2 Å². The van der Waals surface area contributed by atoms with E-state index in [1.54, 1.807) is 45.0 Å². The van der Waals surface area contributed by atoms with Gasteiger partial charge in [0.25, 0.3) is 0 Å². The third kappa shape index (κ3) is 4.28. The molecule has 0 aliphatic heterocycles. The molecule has 0 radical (unpaired) electrons. The lowest BCUT2D eigenvalue weighted by molar-refractivity contribution is 0.0468. The van der Waals surface area contributed by atoms with Crippen LogP contribution in [0.1, 0.15) is 57.6 Å². The third-order valence-electron chi connectivity index (χ3n) is 3.94. The number of benzene rings is 1. The molecule has 0 aliphatic carbocycles. The van der Waals surface area contributed by atoms with E-state index in [2.05, 4.69) is 4.98 Å². The molecule has 0 spiro atoms. The van der Waals surface area contributed by atoms with E-state index in [0.717, 1.165) is 0 Å². The first-order valence-corrected chi connectivity index (χ1v) is 8.15. The van der Waals surface area contributed by atoms with Gasteiger partial charge in [0.05, 0.1) is 12.7 Å². The number of aromatic nitrogens is 1. The molecule has 0 unspecified atom stereocenters. The molecule has 0 fully saturated rings. The van der Waals surface area contributed by atoms with Gasteiger partial charge in [0.1, 0.15) is 11.4 Å². The normalized spacial score (nSPS) is 11.9. The fourth-order valence-electron chi connectivity index (χ4n) is 2.79. The molecule has 2 N–H and O–H groups in total. The molecule has 2 rings (SSSR count). The van der Waals surface area contributed by atoms with Gasteiger partial charge in [-0.3, -0.25) is 4.79 Å². The maximum absolute atomic E-state index is 12.2. The Labute approximate surface area is 146 Å². The summed E-state index contributed by atoms with van der Waals surface area (Å²) in [7, 11) is 0. The van der Waals surface area contributed by atoms with Crippen LogP contribution in [-0.2, 0) is 4.74 Å². The second-order valence-electron chi connectivity index (χ2n) is 5.80. The summed E-state index contributed by atoms with van der Waals surface area (Å²) in [6.07, 6.45) is -0.691. The van der Waals surface area contributed by atoms with Crippen LogP contribution < -0.4 is 4.74 Å². The van der Waals surface area contributed by atoms with Crippen molar-refractivity contribution in [3.05, 3.63) is 52.3 Å². The highest BCUT2D eigenvalue weighted by Crippen LogP contribution is 2.24. The summed E-state index contributed by atoms with van der Waals surface area (Å²) < 4.78 is 10.4. The van der Waals surface area contributed by atoms with Gasteiger partial charge >= 0.3 is 5.97 Å². The molecule has 25 heavy (non-hydrogen) atoms. The average molecular weight is 345 g/mol. The predicted molar refractivity (Wildman–Crippen MR) is 93.1 cm³/mol. The van der Waals surface area contributed by atoms with Gasteiger partial charge in [0.2, 0.25) is 0 Å². The molecule has 6 heteroatoms. The van der Waals surface area contributed by atoms with Gasteiger partial charge in [-0.2, -0.15) is 0 Å². The number of aryl methyl sites for hydroxylation is 1. The average Bonchev–Trinajstić information content (AvgIpc) is 2.88. The Bertz CT molecular complexity index is 759. The molecule has 0 saturated carbocycles. The van der Waals surface area contributed by atoms with Crippen LogP contribution in [-0.4, -0.2) is 35.1 Å². The maximum Gasteiger partial charge on any atom is 0.355 e. The Morgan fingerprint density at radius 3 is 2.36 bits per heavy atom. The lowest BCUT2D eigenvalue weighted by atomic mass is 10.1. The predicted octanol–water partition coefficient (Wildman–Crippen LogP) is 3.12. The quantitative estimate of drug-likeness (QED) is 0.594. The number of Topliss-reactive ketones (excluding diaryl/α,β-unsaturated/α-hetero) is 1. The molecule has 0 aliphatic rings. The fraction of sp³-hybridized carbons (Fsp3) is 0.368. The Morgan fingerprint density at radius 2 is 1.84 bits per heavy atom. The smallest absolute Gasteiger partial charge is 0.355 e. The van der Waals surface area contributed by atoms with Crippen LogP contribution in [0.3, 0.4) is 0 Å². The molecule has 1 aromatic carbocycles. The Balaban J connectivity index is 2.02. The number of aromatic amines is 1. The summed E-state index contributed by atoms with van der Waals surface area (Å²) in [5.74, 6) is -0.237. The van der Waals surface area contributed by atoms with Crippen molar-refractivity contribution in [3.63, 3.8) is 0 Å². The van der Waals surface area contributed by atoms with Crippen molar-refractivity contribution in [2.24, 2.45) is 0 Å². The summed E-state index contributed by atoms with van der Waals surface area (Å²) >= 11 is 0. The van der Waals surface area contributed by atoms with Gasteiger partial charge < -0.3 is 19.6 Å². The first kappa shape index (κ1) is 18.7. The highest BCUT2D eigenvalue weighted by Gasteiger charge is 2.21. The van der Waals surface area contributed by atoms with Gasteiger partial charge in [0, 0.05) is 16.8 Å². The standard InChI is InChI=1S/C19H23NO5/c1-5-24-15-8-6-14(7-9-15)16(22)10-25-19(23)18-11(2)17(13(4)21)12(3)20-18/h6-9,13,20-21H,5,10H2,1-4H3/t13-/m0/s1. The number of aliphatic hydroxyl groups excluding tert-OH is 1. The number of rotatable bonds is 7. The first-order valence-electron chi connectivity index (χ1n) is 8.15. The highest BCUT2D eigenvalue weighted by molar-refractivity contribution is 5.99. The molecule has 0 amide bonds. The first-order chi connectivity index (χ1) is 11.8. The van der Waals surface area contributed by atoms with E-state index in [4.69, 9.17) is 9.47 Å². The van der Waals surface area contributed by atoms with E-state index in [0.29, 0.717) is 34.7 Å². The number of carbonyl (C=O) groups excluding carboxylic acids is 2. The van der Waals surface area contributed by atoms with Gasteiger partial charge in [-0.1, -0.05) is 0 Å². The van der Waals surface area contributed by atoms with Crippen molar-refractivity contribution >= 4 is 11.8 Å². The van der Waals surface area contributed by atoms with Crippen molar-refractivity contribution in [2.45, 2.75) is 33.8 Å². The molecule has 1 heterocycles. The van der Waals surface area contributed by atoms with E-state index < -0.39 is 12.1 Å². The number of carbonyl (C=O) groups is 2. The maximum atomic E-state index is 12.2. The fourth-order valence-corrected chi connectivity index (χ4v) is 2.79. The van der Waals surface area contributed by atoms with Gasteiger partial charge in [-0.15, -0.1) is 0 Å². The number of ketones is 1. The number of esters is 1. The molecule has 1 aromatic heterocycles. The largest absolute Gasteiger partial charge is 0.494 e. The van der Waals surface area contributed by atoms with Gasteiger partial charge in [0.15, 0.2) is 12.4 Å². The number of hydrogen-bond donors (Lipinski definition) is 2. The van der Waals surface area contributed by atoms with Crippen LogP contribution >= 0.6 is 0 Å². The molecule has 2 aromatic rings. The lowest BCUT2D eigenvalue weighted by Gasteiger charge is -2.07. The third-order valence-corrected chi connectivity index (χ3v) is 3.94. The Kier molecular flexibility index (Phi) is 5.98. The van der Waals surface area contributed by atoms with Crippen LogP contribution in [0.25, 0.3) is 0 Å². The van der Waals surface area contributed by atoms with E-state index in [-0.39, 0.29) is 18.1 Å². The monoisotopic (exact) mass is 345 g/mol. The molecular formula is C19H23NO5. The zero-order chi connectivity index (χ0) is 18.6. The second-order valence-corrected chi connectivity index (χ2v) is 5.80. The van der Waals surface area contributed by atoms with Crippen molar-refractivity contribution in [1.29, 1.82) is 0 Å². The number of hydrogen-bond acceptors (Lipinski definition) is 5. The number of ether oxygens (including phenoxy) is 2. The highest BCUT2D eigenvalue weighted by atomic mass is 16.5. The number of H-pyrrole nitrogens is 1. The second kappa shape index (κ2) is 7.98. The Morgan fingerprint density at radius 1 is 1.20 bits per heavy atom. The van der Waals surface area contributed by atoms with Crippen molar-refractivity contribution in [3.8, 4) is 5.75 Å². The Hall–Kier alpha value is -2.60. The van der Waals surface area contributed by atoms with Crippen LogP contribution in [0, 0.1) is 13.8 Å². The minimum Gasteiger partial charge on any atom is -0.494 e. The summed E-state index contributed by atoms with van der Waals surface area (Å²) in [6.45, 7) is 7.22. The van der Waals surface area contributed by atoms with E-state index in [1.807, 2.05) is 6.92 Å². The molecule has 1 atom stereocenters. The summed E-state index contributed by atoms with van der Waals surface area (Å²) in [5.41, 5.74) is 2.71. The minimum absolute atomic E-state index is 0.257. The summed E-state index contributed by atoms with van der Waals surface area (Å²) in [6, 6.07) is 6.67. The zero-order valence-corrected chi connectivity index (χ0v) is 14.9. The van der Waals surface area contributed by atoms with Crippen LogP contribution in [0.4, 0.5) is 0 Å². The minimum atomic E-state index is -0.691. The summed E-state index contributed by atoms with van der Waals surface area (Å²) in [4.78, 5) is 27.3. The molecule has 134 valence electrons. The lowest BCUT2D eigenvalue weighted by Crippen LogP contribution is -2.15. The van der Waals surface area contributed by atoms with Crippen molar-refractivity contribution in [1.82, 2.24) is 4.98 Å². The number of nitrogens with one attached hydrogen (secondary N) is 1. The molecule has 0 saturated heterocycles. The molecule has 0 bridgehead atoms. The van der Waals surface area contributed by atoms with Gasteiger partial charge in [-0.05, 0) is 57.5 Å². The SMILES string of the molecule is CCOc1ccc(C(=O)COC(=O)c2[nH]c(C)c([C@H](C)O)c2C)cc1. The topological polar surface area (TPSA) is 88.6 Å².